The number of hydrogen-bond donors (Lipinski definition) is 1. The molecule has 0 aliphatic heterocycles. The fourth-order valence-electron chi connectivity index (χ4n) is 2.09. The molecule has 2 rings (SSSR count). The van der Waals surface area contributed by atoms with Crippen LogP contribution in [0.15, 0.2) is 27.4 Å². The molecule has 114 valence electrons. The SMILES string of the molecule is CCCNC(C)c1c(OC)cccc1Sc1nc(C)ns1. The van der Waals surface area contributed by atoms with Gasteiger partial charge in [0.15, 0.2) is 4.34 Å². The molecule has 1 aromatic carbocycles. The summed E-state index contributed by atoms with van der Waals surface area (Å²) in [7, 11) is 1.72. The molecule has 4 nitrogen and oxygen atoms in total. The minimum absolute atomic E-state index is 0.234. The second-order valence-corrected chi connectivity index (χ2v) is 6.80. The standard InChI is InChI=1S/C15H21N3OS2/c1-5-9-16-10(2)14-12(19-4)7-6-8-13(14)20-15-17-11(3)18-21-15/h6-8,10,16H,5,9H2,1-4H3. The first-order chi connectivity index (χ1) is 10.2. The molecule has 0 radical (unpaired) electrons. The van der Waals surface area contributed by atoms with E-state index in [0.29, 0.717) is 0 Å². The number of methoxy groups -OCH3 is 1. The minimum Gasteiger partial charge on any atom is -0.496 e. The topological polar surface area (TPSA) is 47.0 Å². The molecule has 1 atom stereocenters. The maximum absolute atomic E-state index is 5.54. The lowest BCUT2D eigenvalue weighted by Crippen LogP contribution is -2.20. The second-order valence-electron chi connectivity index (χ2n) is 4.76. The van der Waals surface area contributed by atoms with Crippen LogP contribution in [0.5, 0.6) is 5.75 Å². The van der Waals surface area contributed by atoms with E-state index < -0.39 is 0 Å². The summed E-state index contributed by atoms with van der Waals surface area (Å²) in [6.07, 6.45) is 1.11. The Morgan fingerprint density at radius 3 is 2.86 bits per heavy atom. The number of hydrogen-bond acceptors (Lipinski definition) is 6. The highest BCUT2D eigenvalue weighted by molar-refractivity contribution is 8.01. The molecule has 1 N–H and O–H groups in total. The average Bonchev–Trinajstić information content (AvgIpc) is 2.89. The number of nitrogens with one attached hydrogen (secondary N) is 1. The van der Waals surface area contributed by atoms with Crippen LogP contribution in [0.3, 0.4) is 0 Å². The van der Waals surface area contributed by atoms with E-state index in [1.54, 1.807) is 18.9 Å². The lowest BCUT2D eigenvalue weighted by Gasteiger charge is -2.20. The van der Waals surface area contributed by atoms with Gasteiger partial charge in [0.25, 0.3) is 0 Å². The van der Waals surface area contributed by atoms with Crippen molar-refractivity contribution in [2.24, 2.45) is 0 Å². The zero-order valence-electron chi connectivity index (χ0n) is 12.8. The third-order valence-electron chi connectivity index (χ3n) is 3.09. The Morgan fingerprint density at radius 1 is 1.43 bits per heavy atom. The van der Waals surface area contributed by atoms with E-state index in [-0.39, 0.29) is 6.04 Å². The predicted molar refractivity (Wildman–Crippen MR) is 88.5 cm³/mol. The van der Waals surface area contributed by atoms with Gasteiger partial charge in [-0.3, -0.25) is 0 Å². The van der Waals surface area contributed by atoms with Crippen molar-refractivity contribution in [1.82, 2.24) is 14.7 Å². The summed E-state index contributed by atoms with van der Waals surface area (Å²) in [5, 5.41) is 3.53. The number of aromatic nitrogens is 2. The van der Waals surface area contributed by atoms with Gasteiger partial charge in [-0.05, 0) is 50.5 Å². The Kier molecular flexibility index (Phi) is 6.02. The van der Waals surface area contributed by atoms with Crippen LogP contribution in [0.2, 0.25) is 0 Å². The summed E-state index contributed by atoms with van der Waals surface area (Å²) in [6.45, 7) is 7.24. The third-order valence-corrected chi connectivity index (χ3v) is 5.00. The molecule has 0 aliphatic rings. The van der Waals surface area contributed by atoms with Crippen LogP contribution >= 0.6 is 23.3 Å². The smallest absolute Gasteiger partial charge is 0.174 e. The van der Waals surface area contributed by atoms with E-state index in [2.05, 4.69) is 34.6 Å². The van der Waals surface area contributed by atoms with E-state index in [9.17, 15) is 0 Å². The van der Waals surface area contributed by atoms with Crippen molar-refractivity contribution in [2.75, 3.05) is 13.7 Å². The van der Waals surface area contributed by atoms with Gasteiger partial charge >= 0.3 is 0 Å². The highest BCUT2D eigenvalue weighted by atomic mass is 32.2. The monoisotopic (exact) mass is 323 g/mol. The molecule has 0 amide bonds. The molecular weight excluding hydrogens is 302 g/mol. The van der Waals surface area contributed by atoms with Gasteiger partial charge < -0.3 is 10.1 Å². The van der Waals surface area contributed by atoms with Crippen molar-refractivity contribution in [2.45, 2.75) is 42.5 Å². The quantitative estimate of drug-likeness (QED) is 0.832. The van der Waals surface area contributed by atoms with Crippen LogP contribution < -0.4 is 10.1 Å². The lowest BCUT2D eigenvalue weighted by atomic mass is 10.1. The van der Waals surface area contributed by atoms with Crippen LogP contribution in [-0.4, -0.2) is 23.0 Å². The molecule has 0 saturated carbocycles. The largest absolute Gasteiger partial charge is 0.496 e. The van der Waals surface area contributed by atoms with Crippen molar-refractivity contribution in [3.05, 3.63) is 29.6 Å². The molecule has 0 bridgehead atoms. The molecule has 1 aromatic heterocycles. The molecular formula is C15H21N3OS2. The zero-order valence-corrected chi connectivity index (χ0v) is 14.5. The van der Waals surface area contributed by atoms with Gasteiger partial charge in [0.1, 0.15) is 11.6 Å². The summed E-state index contributed by atoms with van der Waals surface area (Å²) in [5.74, 6) is 1.74. The van der Waals surface area contributed by atoms with Gasteiger partial charge in [0.2, 0.25) is 0 Å². The summed E-state index contributed by atoms with van der Waals surface area (Å²) in [6, 6.07) is 6.38. The normalized spacial score (nSPS) is 12.4. The van der Waals surface area contributed by atoms with E-state index in [4.69, 9.17) is 4.74 Å². The van der Waals surface area contributed by atoms with Crippen molar-refractivity contribution in [3.8, 4) is 5.75 Å². The van der Waals surface area contributed by atoms with Crippen molar-refractivity contribution < 1.29 is 4.74 Å². The van der Waals surface area contributed by atoms with Gasteiger partial charge in [0, 0.05) is 16.5 Å². The second kappa shape index (κ2) is 7.77. The maximum Gasteiger partial charge on any atom is 0.174 e. The first-order valence-corrected chi connectivity index (χ1v) is 8.63. The summed E-state index contributed by atoms with van der Waals surface area (Å²) in [4.78, 5) is 5.60. The summed E-state index contributed by atoms with van der Waals surface area (Å²) < 4.78 is 10.7. The first-order valence-electron chi connectivity index (χ1n) is 7.04. The Morgan fingerprint density at radius 2 is 2.24 bits per heavy atom. The summed E-state index contributed by atoms with van der Waals surface area (Å²) >= 11 is 3.09. The Hall–Kier alpha value is -1.11. The van der Waals surface area contributed by atoms with Crippen LogP contribution in [0.4, 0.5) is 0 Å². The van der Waals surface area contributed by atoms with E-state index in [1.165, 1.54) is 22.0 Å². The van der Waals surface area contributed by atoms with Crippen LogP contribution in [0.1, 0.15) is 37.7 Å². The predicted octanol–water partition coefficient (Wildman–Crippen LogP) is 4.07. The van der Waals surface area contributed by atoms with Gasteiger partial charge in [0.05, 0.1) is 7.11 Å². The highest BCUT2D eigenvalue weighted by Crippen LogP contribution is 2.38. The van der Waals surface area contributed by atoms with Gasteiger partial charge in [-0.2, -0.15) is 4.37 Å². The molecule has 6 heteroatoms. The Labute approximate surface area is 134 Å². The summed E-state index contributed by atoms with van der Waals surface area (Å²) in [5.41, 5.74) is 1.19. The van der Waals surface area contributed by atoms with Gasteiger partial charge in [-0.1, -0.05) is 24.8 Å². The zero-order chi connectivity index (χ0) is 15.2. The molecule has 1 heterocycles. The van der Waals surface area contributed by atoms with Crippen LogP contribution in [0, 0.1) is 6.92 Å². The van der Waals surface area contributed by atoms with Gasteiger partial charge in [-0.25, -0.2) is 4.98 Å². The van der Waals surface area contributed by atoms with Crippen molar-refractivity contribution in [3.63, 3.8) is 0 Å². The molecule has 0 saturated heterocycles. The molecule has 0 spiro atoms. The van der Waals surface area contributed by atoms with Crippen molar-refractivity contribution >= 4 is 23.3 Å². The Bertz CT molecular complexity index is 586. The average molecular weight is 323 g/mol. The molecule has 0 aliphatic carbocycles. The molecule has 0 fully saturated rings. The number of rotatable bonds is 7. The van der Waals surface area contributed by atoms with Crippen LogP contribution in [-0.2, 0) is 0 Å². The van der Waals surface area contributed by atoms with Crippen molar-refractivity contribution in [1.29, 1.82) is 0 Å². The Balaban J connectivity index is 2.30. The number of nitrogens with zero attached hydrogens (tertiary/aromatic N) is 2. The number of benzene rings is 1. The van der Waals surface area contributed by atoms with E-state index in [0.717, 1.165) is 28.9 Å². The van der Waals surface area contributed by atoms with E-state index in [1.807, 2.05) is 19.1 Å². The number of ether oxygens (including phenoxy) is 1. The first kappa shape index (κ1) is 16.3. The number of aryl methyl sites for hydroxylation is 1. The molecule has 1 unspecified atom stereocenters. The van der Waals surface area contributed by atoms with Gasteiger partial charge in [-0.15, -0.1) is 0 Å². The maximum atomic E-state index is 5.54. The van der Waals surface area contributed by atoms with E-state index >= 15 is 0 Å². The highest BCUT2D eigenvalue weighted by Gasteiger charge is 2.17. The fraction of sp³-hybridized carbons (Fsp3) is 0.467. The minimum atomic E-state index is 0.234. The molecule has 2 aromatic rings. The fourth-order valence-corrected chi connectivity index (χ4v) is 3.95. The van der Waals surface area contributed by atoms with Crippen LogP contribution in [0.25, 0.3) is 0 Å². The molecule has 21 heavy (non-hydrogen) atoms. The lowest BCUT2D eigenvalue weighted by molar-refractivity contribution is 0.399. The third kappa shape index (κ3) is 4.18.